The molecule has 1 heterocycles. The number of benzene rings is 1. The first-order valence-corrected chi connectivity index (χ1v) is 6.74. The molecule has 104 valence electrons. The third-order valence-corrected chi connectivity index (χ3v) is 3.56. The Morgan fingerprint density at radius 3 is 2.74 bits per heavy atom. The van der Waals surface area contributed by atoms with Gasteiger partial charge in [-0.05, 0) is 31.0 Å². The van der Waals surface area contributed by atoms with Crippen molar-refractivity contribution < 1.29 is 14.3 Å². The predicted octanol–water partition coefficient (Wildman–Crippen LogP) is 2.05. The van der Waals surface area contributed by atoms with Gasteiger partial charge < -0.3 is 14.4 Å². The lowest BCUT2D eigenvalue weighted by molar-refractivity contribution is -0.134. The van der Waals surface area contributed by atoms with Gasteiger partial charge in [0.1, 0.15) is 12.4 Å². The molecule has 4 heteroatoms. The first-order chi connectivity index (χ1) is 9.24. The highest BCUT2D eigenvalue weighted by Gasteiger charge is 2.27. The van der Waals surface area contributed by atoms with Crippen LogP contribution in [0.2, 0.25) is 0 Å². The molecule has 19 heavy (non-hydrogen) atoms. The molecule has 1 amide bonds. The molecule has 1 aromatic rings. The molecule has 1 aliphatic heterocycles. The van der Waals surface area contributed by atoms with Gasteiger partial charge in [-0.2, -0.15) is 0 Å². The Labute approximate surface area is 114 Å². The Balaban J connectivity index is 1.91. The fraction of sp³-hybridized carbons (Fsp3) is 0.533. The van der Waals surface area contributed by atoms with E-state index in [0.717, 1.165) is 25.3 Å². The molecular weight excluding hydrogens is 242 g/mol. The zero-order valence-electron chi connectivity index (χ0n) is 11.6. The second-order valence-corrected chi connectivity index (χ2v) is 4.74. The Hall–Kier alpha value is -1.55. The first kappa shape index (κ1) is 13.9. The summed E-state index contributed by atoms with van der Waals surface area (Å²) in [6, 6.07) is 8.11. The van der Waals surface area contributed by atoms with Crippen LogP contribution in [0.1, 0.15) is 24.8 Å². The Morgan fingerprint density at radius 2 is 2.11 bits per heavy atom. The van der Waals surface area contributed by atoms with Gasteiger partial charge in [0.2, 0.25) is 5.91 Å². The minimum absolute atomic E-state index is 0.0952. The number of amides is 1. The fourth-order valence-corrected chi connectivity index (χ4v) is 2.42. The van der Waals surface area contributed by atoms with E-state index in [1.165, 1.54) is 5.56 Å². The van der Waals surface area contributed by atoms with Crippen molar-refractivity contribution in [1.82, 2.24) is 4.90 Å². The van der Waals surface area contributed by atoms with Crippen molar-refractivity contribution in [2.75, 3.05) is 33.4 Å². The summed E-state index contributed by atoms with van der Waals surface area (Å²) >= 11 is 0. The van der Waals surface area contributed by atoms with Crippen molar-refractivity contribution in [3.8, 4) is 5.75 Å². The van der Waals surface area contributed by atoms with Crippen LogP contribution in [0.25, 0.3) is 0 Å². The van der Waals surface area contributed by atoms with Crippen molar-refractivity contribution in [1.29, 1.82) is 0 Å². The standard InChI is InChI=1S/C15H21NO3/c1-3-19-11-15(17)16-9-8-13(10-16)12-4-6-14(18-2)7-5-12/h4-7,13H,3,8-11H2,1-2H3. The highest BCUT2D eigenvalue weighted by Crippen LogP contribution is 2.28. The third kappa shape index (κ3) is 3.47. The molecule has 0 bridgehead atoms. The van der Waals surface area contributed by atoms with Crippen molar-refractivity contribution in [2.45, 2.75) is 19.3 Å². The lowest BCUT2D eigenvalue weighted by Crippen LogP contribution is -2.31. The monoisotopic (exact) mass is 263 g/mol. The maximum absolute atomic E-state index is 11.9. The molecule has 1 aliphatic rings. The van der Waals surface area contributed by atoms with E-state index < -0.39 is 0 Å². The van der Waals surface area contributed by atoms with Gasteiger partial charge in [0.15, 0.2) is 0 Å². The number of carbonyl (C=O) groups is 1. The molecule has 1 unspecified atom stereocenters. The molecule has 0 aromatic heterocycles. The van der Waals surface area contributed by atoms with Crippen LogP contribution in [0.4, 0.5) is 0 Å². The Bertz CT molecular complexity index is 416. The average Bonchev–Trinajstić information content (AvgIpc) is 2.94. The summed E-state index contributed by atoms with van der Waals surface area (Å²) in [7, 11) is 1.67. The SMILES string of the molecule is CCOCC(=O)N1CCC(c2ccc(OC)cc2)C1. The van der Waals surface area contributed by atoms with Crippen LogP contribution in [-0.4, -0.2) is 44.2 Å². The van der Waals surface area contributed by atoms with E-state index in [1.807, 2.05) is 24.0 Å². The van der Waals surface area contributed by atoms with Crippen LogP contribution in [-0.2, 0) is 9.53 Å². The molecule has 1 atom stereocenters. The van der Waals surface area contributed by atoms with E-state index >= 15 is 0 Å². The molecule has 0 N–H and O–H groups in total. The van der Waals surface area contributed by atoms with Crippen LogP contribution in [0, 0.1) is 0 Å². The van der Waals surface area contributed by atoms with E-state index in [0.29, 0.717) is 12.5 Å². The molecule has 0 saturated carbocycles. The Kier molecular flexibility index (Phi) is 4.80. The number of hydrogen-bond acceptors (Lipinski definition) is 3. The lowest BCUT2D eigenvalue weighted by atomic mass is 9.98. The summed E-state index contributed by atoms with van der Waals surface area (Å²) in [6.45, 7) is 4.30. The summed E-state index contributed by atoms with van der Waals surface area (Å²) in [5.74, 6) is 1.39. The zero-order valence-corrected chi connectivity index (χ0v) is 11.6. The van der Waals surface area contributed by atoms with Crippen LogP contribution >= 0.6 is 0 Å². The van der Waals surface area contributed by atoms with Crippen molar-refractivity contribution >= 4 is 5.91 Å². The van der Waals surface area contributed by atoms with Gasteiger partial charge in [0, 0.05) is 25.6 Å². The molecule has 0 aliphatic carbocycles. The highest BCUT2D eigenvalue weighted by molar-refractivity contribution is 5.77. The molecular formula is C15H21NO3. The maximum Gasteiger partial charge on any atom is 0.248 e. The summed E-state index contributed by atoms with van der Waals surface area (Å²) in [5, 5.41) is 0. The van der Waals surface area contributed by atoms with Crippen molar-refractivity contribution in [3.05, 3.63) is 29.8 Å². The number of rotatable bonds is 5. The van der Waals surface area contributed by atoms with E-state index in [-0.39, 0.29) is 12.5 Å². The number of methoxy groups -OCH3 is 1. The second kappa shape index (κ2) is 6.57. The van der Waals surface area contributed by atoms with E-state index in [9.17, 15) is 4.79 Å². The van der Waals surface area contributed by atoms with Gasteiger partial charge >= 0.3 is 0 Å². The van der Waals surface area contributed by atoms with Gasteiger partial charge in [-0.3, -0.25) is 4.79 Å². The summed E-state index contributed by atoms with van der Waals surface area (Å²) < 4.78 is 10.3. The summed E-state index contributed by atoms with van der Waals surface area (Å²) in [5.41, 5.74) is 1.27. The van der Waals surface area contributed by atoms with Gasteiger partial charge in [0.25, 0.3) is 0 Å². The van der Waals surface area contributed by atoms with Crippen LogP contribution < -0.4 is 4.74 Å². The smallest absolute Gasteiger partial charge is 0.248 e. The lowest BCUT2D eigenvalue weighted by Gasteiger charge is -2.16. The summed E-state index contributed by atoms with van der Waals surface area (Å²) in [4.78, 5) is 13.8. The molecule has 1 aromatic carbocycles. The van der Waals surface area contributed by atoms with Gasteiger partial charge in [-0.1, -0.05) is 12.1 Å². The maximum atomic E-state index is 11.9. The van der Waals surface area contributed by atoms with Crippen molar-refractivity contribution in [3.63, 3.8) is 0 Å². The van der Waals surface area contributed by atoms with Crippen LogP contribution in [0.5, 0.6) is 5.75 Å². The van der Waals surface area contributed by atoms with Gasteiger partial charge in [0.05, 0.1) is 7.11 Å². The normalized spacial score (nSPS) is 18.6. The quantitative estimate of drug-likeness (QED) is 0.816. The van der Waals surface area contributed by atoms with E-state index in [4.69, 9.17) is 9.47 Å². The molecule has 2 rings (SSSR count). The minimum Gasteiger partial charge on any atom is -0.497 e. The number of likely N-dealkylation sites (tertiary alicyclic amines) is 1. The predicted molar refractivity (Wildman–Crippen MR) is 73.4 cm³/mol. The van der Waals surface area contributed by atoms with E-state index in [2.05, 4.69) is 12.1 Å². The van der Waals surface area contributed by atoms with Crippen molar-refractivity contribution in [2.24, 2.45) is 0 Å². The fourth-order valence-electron chi connectivity index (χ4n) is 2.42. The number of carbonyl (C=O) groups excluding carboxylic acids is 1. The number of hydrogen-bond donors (Lipinski definition) is 0. The molecule has 0 radical (unpaired) electrons. The largest absolute Gasteiger partial charge is 0.497 e. The number of nitrogens with zero attached hydrogens (tertiary/aromatic N) is 1. The second-order valence-electron chi connectivity index (χ2n) is 4.74. The van der Waals surface area contributed by atoms with Crippen LogP contribution in [0.15, 0.2) is 24.3 Å². The third-order valence-electron chi connectivity index (χ3n) is 3.56. The van der Waals surface area contributed by atoms with Gasteiger partial charge in [-0.25, -0.2) is 0 Å². The molecule has 4 nitrogen and oxygen atoms in total. The average molecular weight is 263 g/mol. The minimum atomic E-state index is 0.0952. The zero-order chi connectivity index (χ0) is 13.7. The van der Waals surface area contributed by atoms with Crippen LogP contribution in [0.3, 0.4) is 0 Å². The van der Waals surface area contributed by atoms with E-state index in [1.54, 1.807) is 7.11 Å². The Morgan fingerprint density at radius 1 is 1.37 bits per heavy atom. The summed E-state index contributed by atoms with van der Waals surface area (Å²) in [6.07, 6.45) is 1.02. The topological polar surface area (TPSA) is 38.8 Å². The highest BCUT2D eigenvalue weighted by atomic mass is 16.5. The number of ether oxygens (including phenoxy) is 2. The molecule has 1 fully saturated rings. The molecule has 1 saturated heterocycles. The molecule has 0 spiro atoms. The van der Waals surface area contributed by atoms with Gasteiger partial charge in [-0.15, -0.1) is 0 Å². The first-order valence-electron chi connectivity index (χ1n) is 6.74.